The molecule has 22 heavy (non-hydrogen) atoms. The predicted molar refractivity (Wildman–Crippen MR) is 71.3 cm³/mol. The molecule has 0 N–H and O–H groups in total. The van der Waals surface area contributed by atoms with Crippen LogP contribution in [0, 0.1) is 0 Å². The van der Waals surface area contributed by atoms with Crippen molar-refractivity contribution in [3.63, 3.8) is 0 Å². The van der Waals surface area contributed by atoms with Gasteiger partial charge in [-0.25, -0.2) is 16.8 Å². The molecule has 0 spiro atoms. The first-order valence-corrected chi connectivity index (χ1v) is 9.58. The van der Waals surface area contributed by atoms with Crippen molar-refractivity contribution in [2.24, 2.45) is 0 Å². The number of benzene rings is 1. The van der Waals surface area contributed by atoms with E-state index in [1.165, 1.54) is 0 Å². The fourth-order valence-electron chi connectivity index (χ4n) is 2.92. The molecular formula is C12H12F3NO4S2. The van der Waals surface area contributed by atoms with Crippen LogP contribution in [0.5, 0.6) is 0 Å². The second-order valence-electron chi connectivity index (χ2n) is 5.44. The number of hydrogen-bond donors (Lipinski definition) is 0. The normalized spacial score (nSPS) is 28.1. The van der Waals surface area contributed by atoms with Crippen molar-refractivity contribution in [2.75, 3.05) is 12.3 Å². The molecule has 0 aromatic heterocycles. The minimum absolute atomic E-state index is 0.189. The maximum absolute atomic E-state index is 12.7. The van der Waals surface area contributed by atoms with Crippen LogP contribution >= 0.6 is 0 Å². The zero-order chi connectivity index (χ0) is 16.3. The largest absolute Gasteiger partial charge is 0.416 e. The van der Waals surface area contributed by atoms with Crippen LogP contribution in [-0.4, -0.2) is 44.7 Å². The minimum Gasteiger partial charge on any atom is -0.228 e. The average molecular weight is 355 g/mol. The van der Waals surface area contributed by atoms with Gasteiger partial charge in [0.25, 0.3) is 0 Å². The Morgan fingerprint density at radius 1 is 1.23 bits per heavy atom. The Bertz CT molecular complexity index is 817. The van der Waals surface area contributed by atoms with Gasteiger partial charge in [-0.15, -0.1) is 0 Å². The lowest BCUT2D eigenvalue weighted by molar-refractivity contribution is -0.137. The predicted octanol–water partition coefficient (Wildman–Crippen LogP) is 1.27. The molecule has 2 saturated heterocycles. The molecule has 122 valence electrons. The maximum atomic E-state index is 12.7. The van der Waals surface area contributed by atoms with Crippen molar-refractivity contribution in [1.82, 2.24) is 4.31 Å². The molecule has 5 nitrogen and oxygen atoms in total. The molecule has 2 fully saturated rings. The molecule has 10 heteroatoms. The van der Waals surface area contributed by atoms with Crippen LogP contribution in [0.1, 0.15) is 12.0 Å². The number of sulfone groups is 1. The quantitative estimate of drug-likeness (QED) is 0.801. The molecule has 1 aromatic rings. The highest BCUT2D eigenvalue weighted by Gasteiger charge is 2.52. The molecule has 2 unspecified atom stereocenters. The Hall–Kier alpha value is -1.13. The van der Waals surface area contributed by atoms with Crippen LogP contribution in [-0.2, 0) is 26.0 Å². The van der Waals surface area contributed by atoms with Crippen molar-refractivity contribution in [1.29, 1.82) is 0 Å². The third-order valence-corrected chi connectivity index (χ3v) is 8.15. The number of halogens is 3. The van der Waals surface area contributed by atoms with Crippen molar-refractivity contribution in [3.8, 4) is 0 Å². The summed E-state index contributed by atoms with van der Waals surface area (Å²) in [7, 11) is -7.41. The monoisotopic (exact) mass is 355 g/mol. The fourth-order valence-corrected chi connectivity index (χ4v) is 6.87. The van der Waals surface area contributed by atoms with Crippen molar-refractivity contribution in [3.05, 3.63) is 29.8 Å². The van der Waals surface area contributed by atoms with E-state index in [4.69, 9.17) is 0 Å². The lowest BCUT2D eigenvalue weighted by Crippen LogP contribution is -2.44. The zero-order valence-electron chi connectivity index (χ0n) is 11.1. The summed E-state index contributed by atoms with van der Waals surface area (Å²) in [5.41, 5.74) is -1.05. The molecule has 1 aromatic carbocycles. The summed E-state index contributed by atoms with van der Waals surface area (Å²) in [6, 6.07) is 2.80. The minimum atomic E-state index is -4.64. The summed E-state index contributed by atoms with van der Waals surface area (Å²) in [4.78, 5) is -0.465. The van der Waals surface area contributed by atoms with Gasteiger partial charge >= 0.3 is 6.18 Å². The van der Waals surface area contributed by atoms with Gasteiger partial charge in [-0.3, -0.25) is 0 Å². The van der Waals surface area contributed by atoms with Gasteiger partial charge in [-0.05, 0) is 24.6 Å². The summed E-state index contributed by atoms with van der Waals surface area (Å²) in [6.07, 6.45) is -4.43. The van der Waals surface area contributed by atoms with E-state index < -0.39 is 47.8 Å². The fraction of sp³-hybridized carbons (Fsp3) is 0.500. The number of fused-ring (bicyclic) bond motifs is 2. The van der Waals surface area contributed by atoms with E-state index in [9.17, 15) is 30.0 Å². The zero-order valence-corrected chi connectivity index (χ0v) is 12.7. The van der Waals surface area contributed by atoms with Gasteiger partial charge in [-0.2, -0.15) is 17.5 Å². The van der Waals surface area contributed by atoms with E-state index in [2.05, 4.69) is 0 Å². The van der Waals surface area contributed by atoms with Gasteiger partial charge in [0.05, 0.1) is 21.5 Å². The number of nitrogens with zero attached hydrogens (tertiary/aromatic N) is 1. The first-order valence-electron chi connectivity index (χ1n) is 6.42. The summed E-state index contributed by atoms with van der Waals surface area (Å²) < 4.78 is 87.4. The van der Waals surface area contributed by atoms with Crippen molar-refractivity contribution < 1.29 is 30.0 Å². The summed E-state index contributed by atoms with van der Waals surface area (Å²) in [5.74, 6) is -0.268. The van der Waals surface area contributed by atoms with E-state index in [1.807, 2.05) is 0 Å². The van der Waals surface area contributed by atoms with Crippen LogP contribution in [0.4, 0.5) is 13.2 Å². The molecule has 0 amide bonds. The topological polar surface area (TPSA) is 71.5 Å². The Kier molecular flexibility index (Phi) is 3.35. The van der Waals surface area contributed by atoms with Gasteiger partial charge in [0.1, 0.15) is 0 Å². The smallest absolute Gasteiger partial charge is 0.228 e. The van der Waals surface area contributed by atoms with Gasteiger partial charge in [-0.1, -0.05) is 6.07 Å². The first kappa shape index (κ1) is 15.8. The van der Waals surface area contributed by atoms with E-state index in [0.717, 1.165) is 22.5 Å². The number of alkyl halides is 3. The molecular weight excluding hydrogens is 343 g/mol. The summed E-state index contributed by atoms with van der Waals surface area (Å²) in [6.45, 7) is -0.189. The molecule has 3 rings (SSSR count). The van der Waals surface area contributed by atoms with Crippen LogP contribution < -0.4 is 0 Å². The molecule has 2 aliphatic heterocycles. The summed E-state index contributed by atoms with van der Waals surface area (Å²) in [5, 5.41) is -0.752. The van der Waals surface area contributed by atoms with Crippen LogP contribution in [0.3, 0.4) is 0 Å². The molecule has 2 heterocycles. The van der Waals surface area contributed by atoms with Crippen molar-refractivity contribution in [2.45, 2.75) is 28.8 Å². The third kappa shape index (κ3) is 2.42. The Morgan fingerprint density at radius 2 is 1.91 bits per heavy atom. The SMILES string of the molecule is O=S1(=O)CC2CC1CN2S(=O)(=O)c1cccc(C(F)(F)F)c1. The van der Waals surface area contributed by atoms with Crippen LogP contribution in [0.25, 0.3) is 0 Å². The highest BCUT2D eigenvalue weighted by Crippen LogP contribution is 2.37. The van der Waals surface area contributed by atoms with Crippen LogP contribution in [0.15, 0.2) is 29.2 Å². The second kappa shape index (κ2) is 4.68. The molecule has 2 atom stereocenters. The molecule has 0 saturated carbocycles. The number of sulfonamides is 1. The lowest BCUT2D eigenvalue weighted by atomic mass is 10.2. The van der Waals surface area contributed by atoms with Crippen LogP contribution in [0.2, 0.25) is 0 Å². The molecule has 0 aliphatic carbocycles. The van der Waals surface area contributed by atoms with E-state index in [-0.39, 0.29) is 18.7 Å². The van der Waals surface area contributed by atoms with Gasteiger partial charge in [0.2, 0.25) is 10.0 Å². The Balaban J connectivity index is 1.96. The Morgan fingerprint density at radius 3 is 2.41 bits per heavy atom. The standard InChI is InChI=1S/C12H12F3NO4S2/c13-12(14,15)8-2-1-3-10(4-8)22(19,20)16-6-11-5-9(16)7-21(11,17)18/h1-4,9,11H,5-7H2. The highest BCUT2D eigenvalue weighted by molar-refractivity contribution is 7.93. The van der Waals surface area contributed by atoms with E-state index >= 15 is 0 Å². The summed E-state index contributed by atoms with van der Waals surface area (Å²) >= 11 is 0. The highest BCUT2D eigenvalue weighted by atomic mass is 32.2. The van der Waals surface area contributed by atoms with Gasteiger partial charge < -0.3 is 0 Å². The maximum Gasteiger partial charge on any atom is 0.416 e. The van der Waals surface area contributed by atoms with E-state index in [0.29, 0.717) is 6.07 Å². The third-order valence-electron chi connectivity index (χ3n) is 4.03. The average Bonchev–Trinajstić information content (AvgIpc) is 2.94. The number of rotatable bonds is 2. The Labute approximate surface area is 125 Å². The molecule has 2 bridgehead atoms. The second-order valence-corrected chi connectivity index (χ2v) is 9.66. The first-order chi connectivity index (χ1) is 10.0. The molecule has 2 aliphatic rings. The van der Waals surface area contributed by atoms with Gasteiger partial charge in [0, 0.05) is 12.6 Å². The number of hydrogen-bond acceptors (Lipinski definition) is 4. The molecule has 0 radical (unpaired) electrons. The van der Waals surface area contributed by atoms with Gasteiger partial charge in [0.15, 0.2) is 9.84 Å². The van der Waals surface area contributed by atoms with Crippen molar-refractivity contribution >= 4 is 19.9 Å². The lowest BCUT2D eigenvalue weighted by Gasteiger charge is -2.26. The van der Waals surface area contributed by atoms with E-state index in [1.54, 1.807) is 0 Å².